The van der Waals surface area contributed by atoms with E-state index < -0.39 is 0 Å². The monoisotopic (exact) mass is 375 g/mol. The molecule has 2 heterocycles. The Kier molecular flexibility index (Phi) is 5.72. The van der Waals surface area contributed by atoms with Gasteiger partial charge in [-0.2, -0.15) is 0 Å². The molecular formula is C17H17N3O3S2. The van der Waals surface area contributed by atoms with Gasteiger partial charge in [-0.1, -0.05) is 36.0 Å². The molecule has 0 fully saturated rings. The van der Waals surface area contributed by atoms with Crippen LogP contribution in [0, 0.1) is 0 Å². The predicted octanol–water partition coefficient (Wildman–Crippen LogP) is 3.60. The van der Waals surface area contributed by atoms with E-state index in [1.54, 1.807) is 14.0 Å². The summed E-state index contributed by atoms with van der Waals surface area (Å²) in [6.07, 6.45) is 0. The summed E-state index contributed by atoms with van der Waals surface area (Å²) in [5.41, 5.74) is 0.924. The first-order chi connectivity index (χ1) is 12.2. The average Bonchev–Trinajstić information content (AvgIpc) is 3.31. The zero-order valence-electron chi connectivity index (χ0n) is 13.8. The molecule has 1 unspecified atom stereocenters. The fraction of sp³-hybridized carbons (Fsp3) is 0.235. The van der Waals surface area contributed by atoms with Crippen molar-refractivity contribution in [3.63, 3.8) is 0 Å². The van der Waals surface area contributed by atoms with Gasteiger partial charge in [-0.25, -0.2) is 0 Å². The minimum Gasteiger partial charge on any atom is -0.496 e. The molecule has 3 aromatic rings. The number of hydrogen-bond donors (Lipinski definition) is 1. The number of hydrogen-bond acceptors (Lipinski definition) is 7. The topological polar surface area (TPSA) is 77.2 Å². The standard InChI is InChI=1S/C17H17N3O3S2/c1-11(15(21)18-10-12-6-3-4-7-13(12)22-2)25-17-20-19-16(23-17)14-8-5-9-24-14/h3-9,11H,10H2,1-2H3,(H,18,21). The Hall–Kier alpha value is -2.32. The van der Waals surface area contributed by atoms with Crippen molar-refractivity contribution in [2.45, 2.75) is 23.9 Å². The highest BCUT2D eigenvalue weighted by atomic mass is 32.2. The van der Waals surface area contributed by atoms with Crippen molar-refractivity contribution in [3.05, 3.63) is 47.3 Å². The van der Waals surface area contributed by atoms with E-state index in [1.807, 2.05) is 41.8 Å². The first kappa shape index (κ1) is 17.5. The van der Waals surface area contributed by atoms with Gasteiger partial charge in [0.2, 0.25) is 5.91 Å². The maximum absolute atomic E-state index is 12.3. The number of methoxy groups -OCH3 is 1. The van der Waals surface area contributed by atoms with Crippen molar-refractivity contribution in [2.24, 2.45) is 0 Å². The second-order valence-electron chi connectivity index (χ2n) is 5.14. The third-order valence-corrected chi connectivity index (χ3v) is 5.22. The van der Waals surface area contributed by atoms with Crippen LogP contribution in [0.15, 0.2) is 51.4 Å². The lowest BCUT2D eigenvalue weighted by Gasteiger charge is -2.12. The van der Waals surface area contributed by atoms with Crippen LogP contribution in [0.3, 0.4) is 0 Å². The van der Waals surface area contributed by atoms with Crippen molar-refractivity contribution in [2.75, 3.05) is 7.11 Å². The SMILES string of the molecule is COc1ccccc1CNC(=O)C(C)Sc1nnc(-c2cccs2)o1. The zero-order chi connectivity index (χ0) is 17.6. The summed E-state index contributed by atoms with van der Waals surface area (Å²) < 4.78 is 10.9. The lowest BCUT2D eigenvalue weighted by molar-refractivity contribution is -0.120. The number of thiophene rings is 1. The molecule has 0 saturated heterocycles. The second-order valence-corrected chi connectivity index (χ2v) is 7.38. The molecule has 8 heteroatoms. The first-order valence-corrected chi connectivity index (χ1v) is 9.37. The largest absolute Gasteiger partial charge is 0.496 e. The maximum Gasteiger partial charge on any atom is 0.277 e. The molecule has 25 heavy (non-hydrogen) atoms. The summed E-state index contributed by atoms with van der Waals surface area (Å²) in [6, 6.07) is 11.4. The number of carbonyl (C=O) groups is 1. The Morgan fingerprint density at radius 3 is 2.92 bits per heavy atom. The third kappa shape index (κ3) is 4.40. The van der Waals surface area contributed by atoms with E-state index >= 15 is 0 Å². The van der Waals surface area contributed by atoms with Crippen molar-refractivity contribution in [3.8, 4) is 16.5 Å². The molecule has 130 valence electrons. The molecule has 1 amide bonds. The Morgan fingerprint density at radius 2 is 2.16 bits per heavy atom. The molecule has 0 spiro atoms. The van der Waals surface area contributed by atoms with Crippen molar-refractivity contribution in [1.29, 1.82) is 0 Å². The van der Waals surface area contributed by atoms with Gasteiger partial charge in [0.05, 0.1) is 17.2 Å². The van der Waals surface area contributed by atoms with Gasteiger partial charge in [0.25, 0.3) is 11.1 Å². The van der Waals surface area contributed by atoms with Gasteiger partial charge in [0.15, 0.2) is 0 Å². The van der Waals surface area contributed by atoms with Crippen LogP contribution in [0.5, 0.6) is 5.75 Å². The fourth-order valence-electron chi connectivity index (χ4n) is 2.14. The summed E-state index contributed by atoms with van der Waals surface area (Å²) in [5, 5.41) is 12.9. The average molecular weight is 375 g/mol. The summed E-state index contributed by atoms with van der Waals surface area (Å²) >= 11 is 2.76. The molecule has 0 aliphatic heterocycles. The van der Waals surface area contributed by atoms with E-state index in [0.29, 0.717) is 17.7 Å². The first-order valence-electron chi connectivity index (χ1n) is 7.61. The normalized spacial score (nSPS) is 11.9. The van der Waals surface area contributed by atoms with E-state index in [4.69, 9.17) is 9.15 Å². The van der Waals surface area contributed by atoms with E-state index in [9.17, 15) is 4.79 Å². The predicted molar refractivity (Wildman–Crippen MR) is 97.8 cm³/mol. The van der Waals surface area contributed by atoms with Crippen molar-refractivity contribution < 1.29 is 13.9 Å². The van der Waals surface area contributed by atoms with Gasteiger partial charge in [0, 0.05) is 12.1 Å². The number of thioether (sulfide) groups is 1. The molecule has 1 atom stereocenters. The van der Waals surface area contributed by atoms with E-state index in [0.717, 1.165) is 16.2 Å². The Labute approximate surface area is 153 Å². The van der Waals surface area contributed by atoms with Crippen LogP contribution in [-0.2, 0) is 11.3 Å². The van der Waals surface area contributed by atoms with Gasteiger partial charge in [0.1, 0.15) is 5.75 Å². The third-order valence-electron chi connectivity index (χ3n) is 3.43. The number of amides is 1. The lowest BCUT2D eigenvalue weighted by atomic mass is 10.2. The molecule has 0 aliphatic rings. The number of ether oxygens (including phenoxy) is 1. The molecule has 1 aromatic carbocycles. The Bertz CT molecular complexity index is 833. The number of nitrogens with one attached hydrogen (secondary N) is 1. The fourth-order valence-corrected chi connectivity index (χ4v) is 3.49. The van der Waals surface area contributed by atoms with E-state index in [-0.39, 0.29) is 11.2 Å². The lowest BCUT2D eigenvalue weighted by Crippen LogP contribution is -2.30. The summed E-state index contributed by atoms with van der Waals surface area (Å²) in [4.78, 5) is 13.2. The highest BCUT2D eigenvalue weighted by Gasteiger charge is 2.19. The molecule has 6 nitrogen and oxygen atoms in total. The molecule has 3 rings (SSSR count). The van der Waals surface area contributed by atoms with Gasteiger partial charge < -0.3 is 14.5 Å². The van der Waals surface area contributed by atoms with Crippen LogP contribution in [0.1, 0.15) is 12.5 Å². The van der Waals surface area contributed by atoms with Gasteiger partial charge in [-0.05, 0) is 24.4 Å². The smallest absolute Gasteiger partial charge is 0.277 e. The zero-order valence-corrected chi connectivity index (χ0v) is 15.4. The van der Waals surface area contributed by atoms with Crippen molar-refractivity contribution in [1.82, 2.24) is 15.5 Å². The summed E-state index contributed by atoms with van der Waals surface area (Å²) in [6.45, 7) is 2.20. The Morgan fingerprint density at radius 1 is 1.32 bits per heavy atom. The van der Waals surface area contributed by atoms with Crippen LogP contribution in [0.2, 0.25) is 0 Å². The number of nitrogens with zero attached hydrogens (tertiary/aromatic N) is 2. The highest BCUT2D eigenvalue weighted by molar-refractivity contribution is 8.00. The molecular weight excluding hydrogens is 358 g/mol. The van der Waals surface area contributed by atoms with Crippen LogP contribution in [-0.4, -0.2) is 28.5 Å². The molecule has 0 aliphatic carbocycles. The van der Waals surface area contributed by atoms with Gasteiger partial charge >= 0.3 is 0 Å². The van der Waals surface area contributed by atoms with Gasteiger partial charge in [-0.15, -0.1) is 21.5 Å². The number of benzene rings is 1. The van der Waals surface area contributed by atoms with Crippen LogP contribution < -0.4 is 10.1 Å². The minimum atomic E-state index is -0.355. The maximum atomic E-state index is 12.3. The van der Waals surface area contributed by atoms with Crippen LogP contribution in [0.4, 0.5) is 0 Å². The summed E-state index contributed by atoms with van der Waals surface area (Å²) in [7, 11) is 1.61. The van der Waals surface area contributed by atoms with Gasteiger partial charge in [-0.3, -0.25) is 4.79 Å². The minimum absolute atomic E-state index is 0.105. The number of carbonyl (C=O) groups excluding carboxylic acids is 1. The van der Waals surface area contributed by atoms with E-state index in [1.165, 1.54) is 23.1 Å². The van der Waals surface area contributed by atoms with Crippen LogP contribution >= 0.6 is 23.1 Å². The Balaban J connectivity index is 1.56. The second kappa shape index (κ2) is 8.17. The number of rotatable bonds is 7. The number of para-hydroxylation sites is 1. The quantitative estimate of drug-likeness (QED) is 0.636. The van der Waals surface area contributed by atoms with E-state index in [2.05, 4.69) is 15.5 Å². The molecule has 0 radical (unpaired) electrons. The van der Waals surface area contributed by atoms with Crippen LogP contribution in [0.25, 0.3) is 10.8 Å². The summed E-state index contributed by atoms with van der Waals surface area (Å²) in [5.74, 6) is 1.12. The molecule has 1 N–H and O–H groups in total. The molecule has 0 saturated carbocycles. The molecule has 2 aromatic heterocycles. The van der Waals surface area contributed by atoms with Crippen molar-refractivity contribution >= 4 is 29.0 Å². The highest BCUT2D eigenvalue weighted by Crippen LogP contribution is 2.28. The number of aromatic nitrogens is 2. The molecule has 0 bridgehead atoms.